The lowest BCUT2D eigenvalue weighted by Crippen LogP contribution is -2.48. The van der Waals surface area contributed by atoms with E-state index in [9.17, 15) is 19.2 Å². The first kappa shape index (κ1) is 17.3. The zero-order valence-electron chi connectivity index (χ0n) is 12.7. The van der Waals surface area contributed by atoms with Crippen LogP contribution in [0.25, 0.3) is 0 Å². The Morgan fingerprint density at radius 2 is 2.04 bits per heavy atom. The van der Waals surface area contributed by atoms with Crippen LogP contribution in [0.4, 0.5) is 5.69 Å². The monoisotopic (exact) mass is 335 g/mol. The van der Waals surface area contributed by atoms with E-state index in [1.807, 2.05) is 0 Å². The van der Waals surface area contributed by atoms with Crippen LogP contribution in [0.15, 0.2) is 24.3 Å². The van der Waals surface area contributed by atoms with Gasteiger partial charge in [-0.2, -0.15) is 0 Å². The third-order valence-electron chi connectivity index (χ3n) is 3.40. The summed E-state index contributed by atoms with van der Waals surface area (Å²) in [5.74, 6) is -2.67. The number of amides is 2. The number of ether oxygens (including phenoxy) is 1. The molecule has 1 aromatic carbocycles. The van der Waals surface area contributed by atoms with Crippen molar-refractivity contribution in [1.82, 2.24) is 5.32 Å². The molecule has 0 aliphatic carbocycles. The highest BCUT2D eigenvalue weighted by Crippen LogP contribution is 2.30. The summed E-state index contributed by atoms with van der Waals surface area (Å²) >= 11 is 0. The van der Waals surface area contributed by atoms with Crippen molar-refractivity contribution in [3.05, 3.63) is 24.3 Å². The first-order valence-electron chi connectivity index (χ1n) is 7.22. The molecule has 1 heterocycles. The van der Waals surface area contributed by atoms with Crippen molar-refractivity contribution in [2.45, 2.75) is 18.9 Å². The van der Waals surface area contributed by atoms with Crippen LogP contribution in [0.1, 0.15) is 12.8 Å². The number of nitrogens with one attached hydrogen (secondary N) is 1. The lowest BCUT2D eigenvalue weighted by atomic mass is 10.1. The van der Waals surface area contributed by atoms with Crippen LogP contribution in [0.3, 0.4) is 0 Å². The molecule has 2 amide bonds. The normalized spacial score (nSPS) is 14.3. The van der Waals surface area contributed by atoms with E-state index in [2.05, 4.69) is 5.32 Å². The smallest absolute Gasteiger partial charge is 0.331 e. The van der Waals surface area contributed by atoms with Gasteiger partial charge < -0.3 is 25.8 Å². The Morgan fingerprint density at radius 3 is 2.71 bits per heavy atom. The van der Waals surface area contributed by atoms with Crippen LogP contribution in [-0.2, 0) is 19.2 Å². The van der Waals surface area contributed by atoms with E-state index < -0.39 is 29.8 Å². The van der Waals surface area contributed by atoms with E-state index >= 15 is 0 Å². The van der Waals surface area contributed by atoms with E-state index in [-0.39, 0.29) is 25.9 Å². The maximum absolute atomic E-state index is 12.1. The summed E-state index contributed by atoms with van der Waals surface area (Å²) in [5, 5.41) is 11.4. The van der Waals surface area contributed by atoms with Gasteiger partial charge in [-0.25, -0.2) is 9.59 Å². The molecule has 0 saturated carbocycles. The molecule has 0 spiro atoms. The van der Waals surface area contributed by atoms with Gasteiger partial charge in [0.05, 0.1) is 12.2 Å². The van der Waals surface area contributed by atoms with Gasteiger partial charge in [0.25, 0.3) is 0 Å². The molecule has 128 valence electrons. The Bertz CT molecular complexity index is 675. The minimum atomic E-state index is -1.26. The van der Waals surface area contributed by atoms with E-state index in [1.54, 1.807) is 24.3 Å². The van der Waals surface area contributed by atoms with E-state index in [0.717, 1.165) is 0 Å². The minimum absolute atomic E-state index is 0.102. The number of carboxylic acids is 1. The number of hydrogen-bond acceptors (Lipinski definition) is 6. The highest BCUT2D eigenvalue weighted by Gasteiger charge is 2.27. The number of anilines is 1. The number of hydrogen-bond donors (Lipinski definition) is 3. The van der Waals surface area contributed by atoms with E-state index in [4.69, 9.17) is 15.6 Å². The maximum atomic E-state index is 12.1. The average Bonchev–Trinajstić information content (AvgIpc) is 2.50. The topological polar surface area (TPSA) is 139 Å². The van der Waals surface area contributed by atoms with Crippen molar-refractivity contribution in [1.29, 1.82) is 0 Å². The average molecular weight is 335 g/mol. The second-order valence-electron chi connectivity index (χ2n) is 5.26. The molecular formula is C15H17N3O6. The number of aliphatic carboxylic acids is 1. The summed E-state index contributed by atoms with van der Waals surface area (Å²) in [4.78, 5) is 47.1. The zero-order valence-corrected chi connectivity index (χ0v) is 12.7. The van der Waals surface area contributed by atoms with Gasteiger partial charge in [-0.1, -0.05) is 12.1 Å². The fraction of sp³-hybridized carbons (Fsp3) is 0.333. The molecule has 1 unspecified atom stereocenters. The molecule has 9 heteroatoms. The van der Waals surface area contributed by atoms with Crippen molar-refractivity contribution in [2.75, 3.05) is 18.0 Å². The van der Waals surface area contributed by atoms with Crippen molar-refractivity contribution >= 4 is 29.4 Å². The molecule has 0 aromatic heterocycles. The SMILES string of the molecule is NC(=O)CCC(NC(=O)CN1CC(=O)Oc2ccccc21)C(=O)O. The number of rotatable bonds is 7. The number of carboxylic acid groups (broad SMARTS) is 1. The molecular weight excluding hydrogens is 318 g/mol. The van der Waals surface area contributed by atoms with Crippen LogP contribution >= 0.6 is 0 Å². The van der Waals surface area contributed by atoms with Gasteiger partial charge in [-0.15, -0.1) is 0 Å². The molecule has 1 aliphatic heterocycles. The van der Waals surface area contributed by atoms with Gasteiger partial charge in [-0.3, -0.25) is 9.59 Å². The lowest BCUT2D eigenvalue weighted by Gasteiger charge is -2.29. The number of carbonyl (C=O) groups is 4. The molecule has 1 aromatic rings. The highest BCUT2D eigenvalue weighted by molar-refractivity contribution is 5.91. The largest absolute Gasteiger partial charge is 0.480 e. The third-order valence-corrected chi connectivity index (χ3v) is 3.40. The number of nitrogens with two attached hydrogens (primary N) is 1. The lowest BCUT2D eigenvalue weighted by molar-refractivity contribution is -0.142. The van der Waals surface area contributed by atoms with Crippen LogP contribution in [0.5, 0.6) is 5.75 Å². The Morgan fingerprint density at radius 1 is 1.33 bits per heavy atom. The summed E-state index contributed by atoms with van der Waals surface area (Å²) in [6.07, 6.45) is -0.259. The van der Waals surface area contributed by atoms with Crippen LogP contribution in [0.2, 0.25) is 0 Å². The van der Waals surface area contributed by atoms with Gasteiger partial charge in [0, 0.05) is 6.42 Å². The Hall–Kier alpha value is -3.10. The molecule has 0 bridgehead atoms. The van der Waals surface area contributed by atoms with Gasteiger partial charge in [0.1, 0.15) is 12.6 Å². The summed E-state index contributed by atoms with van der Waals surface area (Å²) in [5.41, 5.74) is 5.55. The number of benzene rings is 1. The summed E-state index contributed by atoms with van der Waals surface area (Å²) in [6, 6.07) is 5.49. The molecule has 1 atom stereocenters. The summed E-state index contributed by atoms with van der Waals surface area (Å²) in [7, 11) is 0. The Labute approximate surface area is 137 Å². The number of esters is 1. The van der Waals surface area contributed by atoms with Crippen molar-refractivity contribution in [2.24, 2.45) is 5.73 Å². The highest BCUT2D eigenvalue weighted by atomic mass is 16.5. The number of fused-ring (bicyclic) bond motifs is 1. The summed E-state index contributed by atoms with van der Waals surface area (Å²) < 4.78 is 5.07. The zero-order chi connectivity index (χ0) is 17.7. The van der Waals surface area contributed by atoms with Gasteiger partial charge in [-0.05, 0) is 18.6 Å². The van der Waals surface area contributed by atoms with Gasteiger partial charge >= 0.3 is 11.9 Å². The molecule has 24 heavy (non-hydrogen) atoms. The first-order chi connectivity index (χ1) is 11.4. The quantitative estimate of drug-likeness (QED) is 0.440. The fourth-order valence-electron chi connectivity index (χ4n) is 2.30. The fourth-order valence-corrected chi connectivity index (χ4v) is 2.30. The first-order valence-corrected chi connectivity index (χ1v) is 7.22. The number of para-hydroxylation sites is 2. The van der Waals surface area contributed by atoms with Crippen LogP contribution in [0, 0.1) is 0 Å². The molecule has 4 N–H and O–H groups in total. The Kier molecular flexibility index (Phi) is 5.35. The number of carbonyl (C=O) groups excluding carboxylic acids is 3. The minimum Gasteiger partial charge on any atom is -0.480 e. The van der Waals surface area contributed by atoms with Crippen LogP contribution < -0.4 is 20.7 Å². The standard InChI is InChI=1S/C15H17N3O6/c16-12(19)6-5-9(15(22)23)17-13(20)7-18-8-14(21)24-11-4-2-1-3-10(11)18/h1-4,9H,5-8H2,(H2,16,19)(H,17,20)(H,22,23). The molecule has 0 fully saturated rings. The molecule has 2 rings (SSSR count). The second kappa shape index (κ2) is 7.44. The molecule has 1 aliphatic rings. The number of nitrogens with zero attached hydrogens (tertiary/aromatic N) is 1. The molecule has 9 nitrogen and oxygen atoms in total. The predicted octanol–water partition coefficient (Wildman–Crippen LogP) is -0.753. The van der Waals surface area contributed by atoms with Crippen molar-refractivity contribution in [3.63, 3.8) is 0 Å². The van der Waals surface area contributed by atoms with Crippen molar-refractivity contribution < 1.29 is 29.0 Å². The molecule has 0 radical (unpaired) electrons. The second-order valence-corrected chi connectivity index (χ2v) is 5.26. The van der Waals surface area contributed by atoms with E-state index in [1.165, 1.54) is 4.90 Å². The Balaban J connectivity index is 2.02. The maximum Gasteiger partial charge on any atom is 0.331 e. The molecule has 0 saturated heterocycles. The van der Waals surface area contributed by atoms with Crippen molar-refractivity contribution in [3.8, 4) is 5.75 Å². The summed E-state index contributed by atoms with van der Waals surface area (Å²) in [6.45, 7) is -0.337. The van der Waals surface area contributed by atoms with Gasteiger partial charge in [0.2, 0.25) is 11.8 Å². The number of primary amides is 1. The third kappa shape index (κ3) is 4.45. The van der Waals surface area contributed by atoms with E-state index in [0.29, 0.717) is 11.4 Å². The van der Waals surface area contributed by atoms with Crippen LogP contribution in [-0.4, -0.2) is 48.0 Å². The predicted molar refractivity (Wildman–Crippen MR) is 82.3 cm³/mol. The van der Waals surface area contributed by atoms with Gasteiger partial charge in [0.15, 0.2) is 5.75 Å².